The van der Waals surface area contributed by atoms with Crippen LogP contribution in [0.2, 0.25) is 5.02 Å². The number of hydrogen-bond acceptors (Lipinski definition) is 2. The highest BCUT2D eigenvalue weighted by Gasteiger charge is 2.09. The van der Waals surface area contributed by atoms with Crippen LogP contribution in [0, 0.1) is 0 Å². The normalized spacial score (nSPS) is 13.4. The van der Waals surface area contributed by atoms with E-state index in [0.29, 0.717) is 6.04 Å². The molecule has 0 amide bonds. The Hall–Kier alpha value is -0.570. The summed E-state index contributed by atoms with van der Waals surface area (Å²) in [6.07, 6.45) is 0.953. The third-order valence-corrected chi connectivity index (χ3v) is 3.19. The van der Waals surface area contributed by atoms with Crippen LogP contribution in [0.25, 0.3) is 0 Å². The molecular weight excluding hydrogens is 220 g/mol. The van der Waals surface area contributed by atoms with Gasteiger partial charge in [-0.25, -0.2) is 0 Å². The number of hydrogen-bond donors (Lipinski definition) is 1. The van der Waals surface area contributed by atoms with Gasteiger partial charge in [-0.05, 0) is 51.6 Å². The van der Waals surface area contributed by atoms with E-state index in [0.717, 1.165) is 23.6 Å². The van der Waals surface area contributed by atoms with Crippen molar-refractivity contribution in [3.05, 3.63) is 34.9 Å². The second kappa shape index (κ2) is 6.24. The van der Waals surface area contributed by atoms with Crippen LogP contribution in [-0.4, -0.2) is 24.5 Å². The van der Waals surface area contributed by atoms with Gasteiger partial charge in [-0.1, -0.05) is 23.7 Å². The lowest BCUT2D eigenvalue weighted by Gasteiger charge is -2.23. The second-order valence-electron chi connectivity index (χ2n) is 4.52. The topological polar surface area (TPSA) is 29.3 Å². The summed E-state index contributed by atoms with van der Waals surface area (Å²) in [4.78, 5) is 2.30. The van der Waals surface area contributed by atoms with Crippen molar-refractivity contribution >= 4 is 11.6 Å². The summed E-state index contributed by atoms with van der Waals surface area (Å²) in [6, 6.07) is 8.43. The first-order valence-corrected chi connectivity index (χ1v) is 6.09. The first-order chi connectivity index (χ1) is 7.50. The van der Waals surface area contributed by atoms with E-state index in [2.05, 4.69) is 25.8 Å². The Morgan fingerprint density at radius 1 is 1.38 bits per heavy atom. The molecule has 1 aromatic carbocycles. The molecule has 0 spiro atoms. The fraction of sp³-hybridized carbons (Fsp3) is 0.538. The van der Waals surface area contributed by atoms with Crippen LogP contribution in [0.4, 0.5) is 0 Å². The predicted octanol–water partition coefficient (Wildman–Crippen LogP) is 3.07. The van der Waals surface area contributed by atoms with E-state index in [1.807, 2.05) is 24.3 Å². The van der Waals surface area contributed by atoms with Crippen LogP contribution < -0.4 is 5.73 Å². The number of rotatable bonds is 5. The highest BCUT2D eigenvalue weighted by atomic mass is 35.5. The van der Waals surface area contributed by atoms with Crippen molar-refractivity contribution in [3.63, 3.8) is 0 Å². The summed E-state index contributed by atoms with van der Waals surface area (Å²) in [5.74, 6) is 0. The van der Waals surface area contributed by atoms with Gasteiger partial charge in [-0.15, -0.1) is 0 Å². The minimum absolute atomic E-state index is 0.0694. The monoisotopic (exact) mass is 240 g/mol. The van der Waals surface area contributed by atoms with E-state index >= 15 is 0 Å². The molecule has 0 aromatic heterocycles. The van der Waals surface area contributed by atoms with Crippen LogP contribution in [0.5, 0.6) is 0 Å². The fourth-order valence-electron chi connectivity index (χ4n) is 1.50. The lowest BCUT2D eigenvalue weighted by molar-refractivity contribution is 0.263. The molecule has 1 aromatic rings. The lowest BCUT2D eigenvalue weighted by atomic mass is 10.0. The Balaban J connectivity index is 2.49. The fourth-order valence-corrected chi connectivity index (χ4v) is 1.70. The van der Waals surface area contributed by atoms with E-state index in [4.69, 9.17) is 17.3 Å². The van der Waals surface area contributed by atoms with Crippen molar-refractivity contribution in [3.8, 4) is 0 Å². The molecule has 90 valence electrons. The molecule has 1 rings (SSSR count). The molecule has 0 radical (unpaired) electrons. The Labute approximate surface area is 103 Å². The van der Waals surface area contributed by atoms with Gasteiger partial charge in [0.15, 0.2) is 0 Å². The van der Waals surface area contributed by atoms with Crippen LogP contribution in [-0.2, 0) is 0 Å². The van der Waals surface area contributed by atoms with E-state index in [1.54, 1.807) is 0 Å². The zero-order chi connectivity index (χ0) is 12.1. The molecule has 1 unspecified atom stereocenters. The average Bonchev–Trinajstić information content (AvgIpc) is 2.25. The number of halogens is 1. The molecule has 2 nitrogen and oxygen atoms in total. The highest BCUT2D eigenvalue weighted by molar-refractivity contribution is 6.30. The number of benzene rings is 1. The molecule has 0 aliphatic rings. The highest BCUT2D eigenvalue weighted by Crippen LogP contribution is 2.18. The third kappa shape index (κ3) is 4.12. The van der Waals surface area contributed by atoms with Gasteiger partial charge < -0.3 is 10.6 Å². The van der Waals surface area contributed by atoms with E-state index in [-0.39, 0.29) is 6.04 Å². The van der Waals surface area contributed by atoms with Gasteiger partial charge in [-0.2, -0.15) is 0 Å². The van der Waals surface area contributed by atoms with E-state index in [1.165, 1.54) is 0 Å². The Morgan fingerprint density at radius 2 is 2.06 bits per heavy atom. The second-order valence-corrected chi connectivity index (χ2v) is 4.96. The standard InChI is InChI=1S/C13H21ClN2/c1-10(2)16(3)8-7-13(15)11-5-4-6-12(14)9-11/h4-6,9-10,13H,7-8,15H2,1-3H3. The van der Waals surface area contributed by atoms with E-state index in [9.17, 15) is 0 Å². The Kier molecular flexibility index (Phi) is 5.26. The average molecular weight is 241 g/mol. The van der Waals surface area contributed by atoms with Gasteiger partial charge in [0.25, 0.3) is 0 Å². The summed E-state index contributed by atoms with van der Waals surface area (Å²) in [6.45, 7) is 5.38. The first-order valence-electron chi connectivity index (χ1n) is 5.72. The summed E-state index contributed by atoms with van der Waals surface area (Å²) >= 11 is 5.94. The first kappa shape index (κ1) is 13.5. The maximum absolute atomic E-state index is 6.13. The summed E-state index contributed by atoms with van der Waals surface area (Å²) in [7, 11) is 2.12. The van der Waals surface area contributed by atoms with Gasteiger partial charge >= 0.3 is 0 Å². The molecule has 16 heavy (non-hydrogen) atoms. The molecule has 0 aliphatic heterocycles. The van der Waals surface area contributed by atoms with Crippen LogP contribution in [0.15, 0.2) is 24.3 Å². The van der Waals surface area contributed by atoms with Gasteiger partial charge in [0.05, 0.1) is 0 Å². The Morgan fingerprint density at radius 3 is 2.62 bits per heavy atom. The quantitative estimate of drug-likeness (QED) is 0.857. The number of nitrogens with two attached hydrogens (primary N) is 1. The minimum atomic E-state index is 0.0694. The summed E-state index contributed by atoms with van der Waals surface area (Å²) < 4.78 is 0. The molecule has 0 saturated carbocycles. The molecule has 1 atom stereocenters. The SMILES string of the molecule is CC(C)N(C)CCC(N)c1cccc(Cl)c1. The third-order valence-electron chi connectivity index (χ3n) is 2.95. The molecule has 0 bridgehead atoms. The van der Waals surface area contributed by atoms with Crippen LogP contribution in [0.3, 0.4) is 0 Å². The largest absolute Gasteiger partial charge is 0.324 e. The van der Waals surface area contributed by atoms with Crippen molar-refractivity contribution in [2.24, 2.45) is 5.73 Å². The molecular formula is C13H21ClN2. The molecule has 0 fully saturated rings. The summed E-state index contributed by atoms with van der Waals surface area (Å²) in [5.41, 5.74) is 7.24. The van der Waals surface area contributed by atoms with Crippen molar-refractivity contribution in [2.75, 3.05) is 13.6 Å². The van der Waals surface area contributed by atoms with Gasteiger partial charge in [0.2, 0.25) is 0 Å². The lowest BCUT2D eigenvalue weighted by Crippen LogP contribution is -2.29. The van der Waals surface area contributed by atoms with Crippen LogP contribution in [0.1, 0.15) is 31.9 Å². The smallest absolute Gasteiger partial charge is 0.0409 e. The number of nitrogens with zero attached hydrogens (tertiary/aromatic N) is 1. The van der Waals surface area contributed by atoms with Crippen molar-refractivity contribution in [2.45, 2.75) is 32.4 Å². The molecule has 0 heterocycles. The predicted molar refractivity (Wildman–Crippen MR) is 70.8 cm³/mol. The van der Waals surface area contributed by atoms with Crippen molar-refractivity contribution < 1.29 is 0 Å². The van der Waals surface area contributed by atoms with Crippen LogP contribution >= 0.6 is 11.6 Å². The van der Waals surface area contributed by atoms with Gasteiger partial charge in [0.1, 0.15) is 0 Å². The zero-order valence-corrected chi connectivity index (χ0v) is 11.0. The minimum Gasteiger partial charge on any atom is -0.324 e. The molecule has 0 saturated heterocycles. The van der Waals surface area contributed by atoms with E-state index < -0.39 is 0 Å². The molecule has 3 heteroatoms. The molecule has 2 N–H and O–H groups in total. The zero-order valence-electron chi connectivity index (χ0n) is 10.3. The summed E-state index contributed by atoms with van der Waals surface area (Å²) in [5, 5.41) is 0.755. The Bertz CT molecular complexity index is 325. The van der Waals surface area contributed by atoms with Crippen molar-refractivity contribution in [1.82, 2.24) is 4.90 Å². The maximum atomic E-state index is 6.13. The molecule has 0 aliphatic carbocycles. The van der Waals surface area contributed by atoms with Gasteiger partial charge in [-0.3, -0.25) is 0 Å². The van der Waals surface area contributed by atoms with Crippen molar-refractivity contribution in [1.29, 1.82) is 0 Å². The maximum Gasteiger partial charge on any atom is 0.0409 e. The van der Waals surface area contributed by atoms with Gasteiger partial charge in [0, 0.05) is 17.1 Å².